The average molecular weight is 432 g/mol. The fraction of sp³-hybridized carbons (Fsp3) is 0.478. The van der Waals surface area contributed by atoms with Crippen molar-refractivity contribution in [3.05, 3.63) is 53.9 Å². The summed E-state index contributed by atoms with van der Waals surface area (Å²) in [6.45, 7) is 2.17. The van der Waals surface area contributed by atoms with Crippen LogP contribution in [0, 0.1) is 0 Å². The van der Waals surface area contributed by atoms with E-state index < -0.39 is 0 Å². The number of carbonyl (C=O) groups is 2. The number of methoxy groups -OCH3 is 3. The van der Waals surface area contributed by atoms with Gasteiger partial charge in [-0.05, 0) is 30.7 Å². The molecule has 170 valence electrons. The molecule has 2 rings (SSSR count). The van der Waals surface area contributed by atoms with E-state index in [0.717, 1.165) is 5.69 Å². The van der Waals surface area contributed by atoms with Crippen molar-refractivity contribution in [2.24, 2.45) is 7.05 Å². The first-order valence-corrected chi connectivity index (χ1v) is 10.3. The molecular formula is C23H33N3O5. The number of aromatic nitrogens is 1. The van der Waals surface area contributed by atoms with Crippen molar-refractivity contribution >= 4 is 11.8 Å². The summed E-state index contributed by atoms with van der Waals surface area (Å²) in [5.74, 6) is 0.100. The van der Waals surface area contributed by atoms with Gasteiger partial charge >= 0.3 is 0 Å². The second-order valence-electron chi connectivity index (χ2n) is 7.19. The normalized spacial score (nSPS) is 10.7. The quantitative estimate of drug-likeness (QED) is 0.455. The molecule has 0 bridgehead atoms. The monoisotopic (exact) mass is 431 g/mol. The summed E-state index contributed by atoms with van der Waals surface area (Å²) in [7, 11) is 6.69. The van der Waals surface area contributed by atoms with Gasteiger partial charge in [0.2, 0.25) is 5.91 Å². The highest BCUT2D eigenvalue weighted by Crippen LogP contribution is 2.20. The third-order valence-electron chi connectivity index (χ3n) is 5.05. The molecule has 0 radical (unpaired) electrons. The maximum absolute atomic E-state index is 13.3. The van der Waals surface area contributed by atoms with Gasteiger partial charge in [-0.25, -0.2) is 0 Å². The Hall–Kier alpha value is -2.84. The van der Waals surface area contributed by atoms with Crippen LogP contribution in [-0.4, -0.2) is 80.4 Å². The SMILES string of the molecule is COCCCN(CC(=O)N(CCOC)Cc1cccn1C)C(=O)c1ccccc1OC. The molecule has 0 saturated carbocycles. The Morgan fingerprint density at radius 2 is 1.68 bits per heavy atom. The number of rotatable bonds is 13. The van der Waals surface area contributed by atoms with Crippen LogP contribution in [0.3, 0.4) is 0 Å². The highest BCUT2D eigenvalue weighted by atomic mass is 16.5. The number of hydrogen-bond donors (Lipinski definition) is 0. The van der Waals surface area contributed by atoms with E-state index in [9.17, 15) is 9.59 Å². The van der Waals surface area contributed by atoms with Crippen LogP contribution in [0.25, 0.3) is 0 Å². The number of ether oxygens (including phenoxy) is 3. The van der Waals surface area contributed by atoms with Crippen molar-refractivity contribution in [1.29, 1.82) is 0 Å². The lowest BCUT2D eigenvalue weighted by molar-refractivity contribution is -0.133. The molecular weight excluding hydrogens is 398 g/mol. The lowest BCUT2D eigenvalue weighted by Gasteiger charge is -2.28. The molecule has 0 aliphatic carbocycles. The minimum Gasteiger partial charge on any atom is -0.496 e. The third-order valence-corrected chi connectivity index (χ3v) is 5.05. The summed E-state index contributed by atoms with van der Waals surface area (Å²) in [6, 6.07) is 11.0. The highest BCUT2D eigenvalue weighted by Gasteiger charge is 2.24. The van der Waals surface area contributed by atoms with Crippen LogP contribution < -0.4 is 4.74 Å². The molecule has 8 heteroatoms. The summed E-state index contributed by atoms with van der Waals surface area (Å²) >= 11 is 0. The smallest absolute Gasteiger partial charge is 0.258 e. The van der Waals surface area contributed by atoms with Crippen LogP contribution in [-0.2, 0) is 27.9 Å². The van der Waals surface area contributed by atoms with E-state index in [4.69, 9.17) is 14.2 Å². The van der Waals surface area contributed by atoms with Crippen molar-refractivity contribution in [3.8, 4) is 5.75 Å². The molecule has 0 unspecified atom stereocenters. The zero-order valence-electron chi connectivity index (χ0n) is 18.9. The molecule has 0 aliphatic heterocycles. The van der Waals surface area contributed by atoms with Crippen molar-refractivity contribution in [1.82, 2.24) is 14.4 Å². The van der Waals surface area contributed by atoms with Crippen LogP contribution in [0.4, 0.5) is 0 Å². The summed E-state index contributed by atoms with van der Waals surface area (Å²) in [5.41, 5.74) is 1.44. The number of nitrogens with zero attached hydrogens (tertiary/aromatic N) is 3. The van der Waals surface area contributed by atoms with Gasteiger partial charge in [0.25, 0.3) is 5.91 Å². The van der Waals surface area contributed by atoms with Crippen molar-refractivity contribution in [3.63, 3.8) is 0 Å². The molecule has 0 saturated heterocycles. The fourth-order valence-electron chi connectivity index (χ4n) is 3.26. The maximum atomic E-state index is 13.3. The van der Waals surface area contributed by atoms with Crippen molar-refractivity contribution in [2.75, 3.05) is 54.2 Å². The number of para-hydroxylation sites is 1. The Balaban J connectivity index is 2.20. The first-order valence-electron chi connectivity index (χ1n) is 10.3. The van der Waals surface area contributed by atoms with E-state index in [2.05, 4.69) is 0 Å². The molecule has 1 aromatic carbocycles. The molecule has 2 amide bonds. The molecule has 0 N–H and O–H groups in total. The van der Waals surface area contributed by atoms with E-state index >= 15 is 0 Å². The predicted molar refractivity (Wildman–Crippen MR) is 118 cm³/mol. The zero-order valence-corrected chi connectivity index (χ0v) is 18.9. The standard InChI is InChI=1S/C23H33N3O5/c1-24-12-7-9-19(24)17-25(14-16-30-3)22(27)18-26(13-8-15-29-2)23(28)20-10-5-6-11-21(20)31-4/h5-7,9-12H,8,13-18H2,1-4H3. The molecule has 0 spiro atoms. The van der Waals surface area contributed by atoms with E-state index in [1.165, 1.54) is 7.11 Å². The van der Waals surface area contributed by atoms with Crippen LogP contribution >= 0.6 is 0 Å². The van der Waals surface area contributed by atoms with Crippen LogP contribution in [0.15, 0.2) is 42.6 Å². The Morgan fingerprint density at radius 1 is 0.935 bits per heavy atom. The summed E-state index contributed by atoms with van der Waals surface area (Å²) < 4.78 is 17.6. The van der Waals surface area contributed by atoms with Crippen LogP contribution in [0.5, 0.6) is 5.75 Å². The van der Waals surface area contributed by atoms with E-state index in [1.54, 1.807) is 42.2 Å². The number of amides is 2. The Bertz CT molecular complexity index is 836. The predicted octanol–water partition coefficient (Wildman–Crippen LogP) is 2.19. The summed E-state index contributed by atoms with van der Waals surface area (Å²) in [5, 5.41) is 0. The van der Waals surface area contributed by atoms with E-state index in [-0.39, 0.29) is 18.4 Å². The van der Waals surface area contributed by atoms with Crippen molar-refractivity contribution in [2.45, 2.75) is 13.0 Å². The topological polar surface area (TPSA) is 73.2 Å². The van der Waals surface area contributed by atoms with Crippen LogP contribution in [0.1, 0.15) is 22.5 Å². The van der Waals surface area contributed by atoms with Gasteiger partial charge in [0.1, 0.15) is 12.3 Å². The highest BCUT2D eigenvalue weighted by molar-refractivity contribution is 5.98. The molecule has 1 aromatic heterocycles. The first kappa shape index (κ1) is 24.4. The molecule has 2 aromatic rings. The second-order valence-corrected chi connectivity index (χ2v) is 7.19. The van der Waals surface area contributed by atoms with Gasteiger partial charge in [-0.1, -0.05) is 12.1 Å². The summed E-state index contributed by atoms with van der Waals surface area (Å²) in [4.78, 5) is 29.8. The van der Waals surface area contributed by atoms with E-state index in [1.807, 2.05) is 36.0 Å². The number of hydrogen-bond acceptors (Lipinski definition) is 5. The van der Waals surface area contributed by atoms with Crippen molar-refractivity contribution < 1.29 is 23.8 Å². The minimum atomic E-state index is -0.243. The number of carbonyl (C=O) groups excluding carboxylic acids is 2. The summed E-state index contributed by atoms with van der Waals surface area (Å²) in [6.07, 6.45) is 2.57. The molecule has 0 aliphatic rings. The lowest BCUT2D eigenvalue weighted by Crippen LogP contribution is -2.44. The number of benzene rings is 1. The van der Waals surface area contributed by atoms with Gasteiger partial charge < -0.3 is 28.6 Å². The van der Waals surface area contributed by atoms with Crippen LogP contribution in [0.2, 0.25) is 0 Å². The fourth-order valence-corrected chi connectivity index (χ4v) is 3.26. The Labute approximate surface area is 184 Å². The Kier molecular flexibility index (Phi) is 10.1. The average Bonchev–Trinajstić information content (AvgIpc) is 3.19. The third kappa shape index (κ3) is 7.11. The number of aryl methyl sites for hydroxylation is 1. The van der Waals surface area contributed by atoms with Gasteiger partial charge in [-0.15, -0.1) is 0 Å². The van der Waals surface area contributed by atoms with Gasteiger partial charge in [0, 0.05) is 52.9 Å². The van der Waals surface area contributed by atoms with Gasteiger partial charge in [-0.3, -0.25) is 9.59 Å². The molecule has 31 heavy (non-hydrogen) atoms. The largest absolute Gasteiger partial charge is 0.496 e. The van der Waals surface area contributed by atoms with Gasteiger partial charge in [0.05, 0.1) is 25.8 Å². The van der Waals surface area contributed by atoms with Gasteiger partial charge in [-0.2, -0.15) is 0 Å². The van der Waals surface area contributed by atoms with E-state index in [0.29, 0.717) is 50.6 Å². The molecule has 1 heterocycles. The Morgan fingerprint density at radius 3 is 2.32 bits per heavy atom. The first-order chi connectivity index (χ1) is 15.0. The molecule has 0 atom stereocenters. The molecule has 8 nitrogen and oxygen atoms in total. The second kappa shape index (κ2) is 12.8. The molecule has 0 fully saturated rings. The lowest BCUT2D eigenvalue weighted by atomic mass is 10.1. The minimum absolute atomic E-state index is 0.0330. The van der Waals surface area contributed by atoms with Gasteiger partial charge in [0.15, 0.2) is 0 Å². The maximum Gasteiger partial charge on any atom is 0.258 e. The zero-order chi connectivity index (χ0) is 22.6.